The molecule has 0 aliphatic carbocycles. The highest BCUT2D eigenvalue weighted by molar-refractivity contribution is 5.36. The topological polar surface area (TPSA) is 46.2 Å². The summed E-state index contributed by atoms with van der Waals surface area (Å²) in [5.74, 6) is 0.320. The average molecular weight is 227 g/mol. The molecule has 0 fully saturated rings. The Morgan fingerprint density at radius 2 is 1.82 bits per heavy atom. The molecular weight excluding hydrogens is 210 g/mol. The molecule has 2 aromatic carbocycles. The van der Waals surface area contributed by atoms with Gasteiger partial charge >= 0.3 is 0 Å². The number of hydrogen-bond acceptors (Lipinski definition) is 2. The number of hydrogen-bond donors (Lipinski definition) is 2. The highest BCUT2D eigenvalue weighted by Crippen LogP contribution is 2.22. The molecule has 0 bridgehead atoms. The summed E-state index contributed by atoms with van der Waals surface area (Å²) in [6.45, 7) is 1.88. The van der Waals surface area contributed by atoms with Gasteiger partial charge in [-0.25, -0.2) is 0 Å². The van der Waals surface area contributed by atoms with Crippen molar-refractivity contribution in [2.24, 2.45) is 5.73 Å². The largest absolute Gasteiger partial charge is 0.508 e. The van der Waals surface area contributed by atoms with E-state index in [1.54, 1.807) is 6.07 Å². The van der Waals surface area contributed by atoms with E-state index in [1.807, 2.05) is 37.3 Å². The SMILES string of the molecule is Cc1cc([C@H](N)Cc2ccccc2)ccc1O. The van der Waals surface area contributed by atoms with E-state index in [1.165, 1.54) is 5.56 Å². The van der Waals surface area contributed by atoms with Gasteiger partial charge in [-0.15, -0.1) is 0 Å². The average Bonchev–Trinajstić information content (AvgIpc) is 2.34. The van der Waals surface area contributed by atoms with Crippen LogP contribution < -0.4 is 5.73 Å². The Kier molecular flexibility index (Phi) is 3.45. The Balaban J connectivity index is 2.14. The number of phenolic OH excluding ortho intramolecular Hbond substituents is 1. The van der Waals surface area contributed by atoms with E-state index in [0.29, 0.717) is 5.75 Å². The second-order valence-corrected chi connectivity index (χ2v) is 4.34. The zero-order valence-corrected chi connectivity index (χ0v) is 9.93. The summed E-state index contributed by atoms with van der Waals surface area (Å²) in [6, 6.07) is 15.7. The standard InChI is InChI=1S/C15H17NO/c1-11-9-13(7-8-15(11)17)14(16)10-12-5-3-2-4-6-12/h2-9,14,17H,10,16H2,1H3/t14-/m1/s1. The van der Waals surface area contributed by atoms with Crippen LogP contribution in [0.4, 0.5) is 0 Å². The molecule has 2 nitrogen and oxygen atoms in total. The van der Waals surface area contributed by atoms with E-state index in [4.69, 9.17) is 5.73 Å². The summed E-state index contributed by atoms with van der Waals surface area (Å²) < 4.78 is 0. The maximum absolute atomic E-state index is 9.47. The third-order valence-electron chi connectivity index (χ3n) is 2.95. The molecule has 0 saturated carbocycles. The van der Waals surface area contributed by atoms with Crippen LogP contribution in [-0.4, -0.2) is 5.11 Å². The molecule has 3 N–H and O–H groups in total. The maximum Gasteiger partial charge on any atom is 0.118 e. The van der Waals surface area contributed by atoms with Crippen LogP contribution in [0.25, 0.3) is 0 Å². The Labute approximate surface area is 102 Å². The molecule has 0 aliphatic rings. The molecule has 0 aromatic heterocycles. The zero-order valence-electron chi connectivity index (χ0n) is 9.93. The summed E-state index contributed by atoms with van der Waals surface area (Å²) in [5, 5.41) is 9.47. The van der Waals surface area contributed by atoms with Crippen LogP contribution in [0.1, 0.15) is 22.7 Å². The van der Waals surface area contributed by atoms with Crippen molar-refractivity contribution in [3.8, 4) is 5.75 Å². The summed E-state index contributed by atoms with van der Waals surface area (Å²) in [6.07, 6.45) is 0.811. The van der Waals surface area contributed by atoms with Crippen molar-refractivity contribution in [2.75, 3.05) is 0 Å². The van der Waals surface area contributed by atoms with Gasteiger partial charge in [-0.2, -0.15) is 0 Å². The molecule has 2 aromatic rings. The van der Waals surface area contributed by atoms with E-state index < -0.39 is 0 Å². The molecule has 1 atom stereocenters. The maximum atomic E-state index is 9.47. The number of aromatic hydroxyl groups is 1. The molecule has 0 saturated heterocycles. The Morgan fingerprint density at radius 3 is 2.47 bits per heavy atom. The van der Waals surface area contributed by atoms with Crippen molar-refractivity contribution in [3.63, 3.8) is 0 Å². The second-order valence-electron chi connectivity index (χ2n) is 4.34. The lowest BCUT2D eigenvalue weighted by Gasteiger charge is -2.13. The fourth-order valence-corrected chi connectivity index (χ4v) is 1.90. The molecule has 0 aliphatic heterocycles. The van der Waals surface area contributed by atoms with Gasteiger partial charge in [-0.05, 0) is 36.1 Å². The lowest BCUT2D eigenvalue weighted by atomic mass is 9.98. The van der Waals surface area contributed by atoms with Gasteiger partial charge < -0.3 is 10.8 Å². The minimum atomic E-state index is -0.0308. The van der Waals surface area contributed by atoms with Gasteiger partial charge in [0.1, 0.15) is 5.75 Å². The van der Waals surface area contributed by atoms with Gasteiger partial charge in [-0.3, -0.25) is 0 Å². The van der Waals surface area contributed by atoms with Crippen molar-refractivity contribution in [2.45, 2.75) is 19.4 Å². The lowest BCUT2D eigenvalue weighted by Crippen LogP contribution is -2.13. The van der Waals surface area contributed by atoms with Gasteiger partial charge in [0, 0.05) is 6.04 Å². The van der Waals surface area contributed by atoms with Crippen molar-refractivity contribution in [3.05, 3.63) is 65.2 Å². The van der Waals surface area contributed by atoms with Gasteiger partial charge in [0.2, 0.25) is 0 Å². The van der Waals surface area contributed by atoms with Crippen molar-refractivity contribution in [1.29, 1.82) is 0 Å². The van der Waals surface area contributed by atoms with Crippen LogP contribution in [0.5, 0.6) is 5.75 Å². The van der Waals surface area contributed by atoms with E-state index in [-0.39, 0.29) is 6.04 Å². The molecule has 0 unspecified atom stereocenters. The van der Waals surface area contributed by atoms with E-state index >= 15 is 0 Å². The normalized spacial score (nSPS) is 12.4. The zero-order chi connectivity index (χ0) is 12.3. The van der Waals surface area contributed by atoms with E-state index in [9.17, 15) is 5.11 Å². The third-order valence-corrected chi connectivity index (χ3v) is 2.95. The van der Waals surface area contributed by atoms with Crippen LogP contribution >= 0.6 is 0 Å². The van der Waals surface area contributed by atoms with Crippen LogP contribution in [0.2, 0.25) is 0 Å². The van der Waals surface area contributed by atoms with Gasteiger partial charge in [-0.1, -0.05) is 42.5 Å². The molecule has 0 radical (unpaired) electrons. The molecule has 2 rings (SSSR count). The predicted octanol–water partition coefficient (Wildman–Crippen LogP) is 2.94. The molecule has 88 valence electrons. The van der Waals surface area contributed by atoms with Gasteiger partial charge in [0.05, 0.1) is 0 Å². The number of rotatable bonds is 3. The third kappa shape index (κ3) is 2.86. The Bertz CT molecular complexity index is 494. The minimum absolute atomic E-state index is 0.0308. The molecular formula is C15H17NO. The lowest BCUT2D eigenvalue weighted by molar-refractivity contribution is 0.470. The second kappa shape index (κ2) is 5.02. The van der Waals surface area contributed by atoms with Crippen LogP contribution in [-0.2, 0) is 6.42 Å². The first kappa shape index (κ1) is 11.7. The summed E-state index contributed by atoms with van der Waals surface area (Å²) >= 11 is 0. The monoisotopic (exact) mass is 227 g/mol. The van der Waals surface area contributed by atoms with Crippen LogP contribution in [0.3, 0.4) is 0 Å². The number of benzene rings is 2. The highest BCUT2D eigenvalue weighted by Gasteiger charge is 2.08. The van der Waals surface area contributed by atoms with Gasteiger partial charge in [0.15, 0.2) is 0 Å². The molecule has 2 heteroatoms. The van der Waals surface area contributed by atoms with E-state index in [2.05, 4.69) is 12.1 Å². The summed E-state index contributed by atoms with van der Waals surface area (Å²) in [7, 11) is 0. The molecule has 17 heavy (non-hydrogen) atoms. The Hall–Kier alpha value is -1.80. The van der Waals surface area contributed by atoms with Crippen molar-refractivity contribution in [1.82, 2.24) is 0 Å². The van der Waals surface area contributed by atoms with Gasteiger partial charge in [0.25, 0.3) is 0 Å². The number of nitrogens with two attached hydrogens (primary N) is 1. The smallest absolute Gasteiger partial charge is 0.118 e. The minimum Gasteiger partial charge on any atom is -0.508 e. The molecule has 0 spiro atoms. The highest BCUT2D eigenvalue weighted by atomic mass is 16.3. The Morgan fingerprint density at radius 1 is 1.12 bits per heavy atom. The predicted molar refractivity (Wildman–Crippen MR) is 69.9 cm³/mol. The first-order valence-electron chi connectivity index (χ1n) is 5.76. The van der Waals surface area contributed by atoms with Crippen molar-refractivity contribution >= 4 is 0 Å². The number of aryl methyl sites for hydroxylation is 1. The molecule has 0 heterocycles. The van der Waals surface area contributed by atoms with Crippen molar-refractivity contribution < 1.29 is 5.11 Å². The first-order valence-corrected chi connectivity index (χ1v) is 5.76. The molecule has 0 amide bonds. The van der Waals surface area contributed by atoms with E-state index in [0.717, 1.165) is 17.5 Å². The fourth-order valence-electron chi connectivity index (χ4n) is 1.90. The fraction of sp³-hybridized carbons (Fsp3) is 0.200. The summed E-state index contributed by atoms with van der Waals surface area (Å²) in [5.41, 5.74) is 9.32. The quantitative estimate of drug-likeness (QED) is 0.846. The summed E-state index contributed by atoms with van der Waals surface area (Å²) in [4.78, 5) is 0. The van der Waals surface area contributed by atoms with Crippen LogP contribution in [0, 0.1) is 6.92 Å². The number of phenols is 1. The first-order chi connectivity index (χ1) is 8.16. The van der Waals surface area contributed by atoms with Crippen LogP contribution in [0.15, 0.2) is 48.5 Å².